The number of primary amides is 1. The van der Waals surface area contributed by atoms with Gasteiger partial charge in [-0.1, -0.05) is 12.1 Å². The highest BCUT2D eigenvalue weighted by molar-refractivity contribution is 7.90. The summed E-state index contributed by atoms with van der Waals surface area (Å²) in [5.74, 6) is -0.715. The zero-order chi connectivity index (χ0) is 14.9. The second kappa shape index (κ2) is 4.97. The quantitative estimate of drug-likeness (QED) is 0.896. The number of phenols is 1. The Morgan fingerprint density at radius 3 is 2.15 bits per heavy atom. The number of rotatable bonds is 3. The van der Waals surface area contributed by atoms with Gasteiger partial charge in [-0.15, -0.1) is 0 Å². The van der Waals surface area contributed by atoms with Gasteiger partial charge in [-0.25, -0.2) is 8.42 Å². The van der Waals surface area contributed by atoms with Crippen molar-refractivity contribution in [1.29, 1.82) is 0 Å². The molecule has 0 saturated heterocycles. The van der Waals surface area contributed by atoms with Crippen molar-refractivity contribution in [3.8, 4) is 16.9 Å². The van der Waals surface area contributed by atoms with Gasteiger partial charge in [0, 0.05) is 17.4 Å². The van der Waals surface area contributed by atoms with E-state index in [0.29, 0.717) is 11.1 Å². The molecule has 2 aromatic rings. The monoisotopic (exact) mass is 291 g/mol. The molecular formula is C14H13NO4S. The first-order valence-electron chi connectivity index (χ1n) is 5.72. The maximum absolute atomic E-state index is 11.4. The van der Waals surface area contributed by atoms with E-state index in [9.17, 15) is 18.3 Å². The summed E-state index contributed by atoms with van der Waals surface area (Å²) in [6.07, 6.45) is 1.13. The van der Waals surface area contributed by atoms with Crippen LogP contribution in [-0.4, -0.2) is 25.7 Å². The van der Waals surface area contributed by atoms with Crippen molar-refractivity contribution in [3.63, 3.8) is 0 Å². The maximum Gasteiger partial charge on any atom is 0.248 e. The summed E-state index contributed by atoms with van der Waals surface area (Å²) >= 11 is 0. The van der Waals surface area contributed by atoms with E-state index in [0.717, 1.165) is 6.26 Å². The second-order valence-electron chi connectivity index (χ2n) is 4.39. The largest absolute Gasteiger partial charge is 0.507 e. The van der Waals surface area contributed by atoms with Crippen LogP contribution in [0.5, 0.6) is 5.75 Å². The van der Waals surface area contributed by atoms with Crippen LogP contribution in [0.4, 0.5) is 0 Å². The molecule has 3 N–H and O–H groups in total. The summed E-state index contributed by atoms with van der Waals surface area (Å²) < 4.78 is 22.7. The van der Waals surface area contributed by atoms with Crippen LogP contribution in [0.2, 0.25) is 0 Å². The van der Waals surface area contributed by atoms with E-state index in [1.54, 1.807) is 18.2 Å². The molecule has 2 rings (SSSR count). The van der Waals surface area contributed by atoms with E-state index in [4.69, 9.17) is 5.73 Å². The molecule has 0 spiro atoms. The highest BCUT2D eigenvalue weighted by Gasteiger charge is 2.10. The molecule has 1 amide bonds. The molecule has 104 valence electrons. The van der Waals surface area contributed by atoms with Gasteiger partial charge >= 0.3 is 0 Å². The summed E-state index contributed by atoms with van der Waals surface area (Å²) in [7, 11) is -3.25. The Kier molecular flexibility index (Phi) is 3.50. The predicted octanol–water partition coefficient (Wildman–Crippen LogP) is 1.56. The lowest BCUT2D eigenvalue weighted by Crippen LogP contribution is -2.10. The van der Waals surface area contributed by atoms with Crippen molar-refractivity contribution in [2.24, 2.45) is 5.73 Å². The molecule has 0 atom stereocenters. The van der Waals surface area contributed by atoms with Crippen molar-refractivity contribution >= 4 is 15.7 Å². The van der Waals surface area contributed by atoms with Gasteiger partial charge in [-0.2, -0.15) is 0 Å². The van der Waals surface area contributed by atoms with Crippen LogP contribution < -0.4 is 5.73 Å². The SMILES string of the molecule is CS(=O)(=O)c1ccc(-c2ccc(C(N)=O)cc2O)cc1. The molecule has 2 aromatic carbocycles. The standard InChI is InChI=1S/C14H13NO4S/c1-20(18,19)11-5-2-9(3-6-11)12-7-4-10(14(15)17)8-13(12)16/h2-8,16H,1H3,(H2,15,17). The average Bonchev–Trinajstić information content (AvgIpc) is 2.37. The number of aromatic hydroxyl groups is 1. The Bertz CT molecular complexity index is 764. The van der Waals surface area contributed by atoms with Gasteiger partial charge in [-0.3, -0.25) is 4.79 Å². The normalized spacial score (nSPS) is 11.2. The van der Waals surface area contributed by atoms with Crippen LogP contribution in [0.25, 0.3) is 11.1 Å². The molecule has 0 aliphatic heterocycles. The second-order valence-corrected chi connectivity index (χ2v) is 6.41. The third-order valence-electron chi connectivity index (χ3n) is 2.88. The first-order chi connectivity index (χ1) is 9.29. The fourth-order valence-corrected chi connectivity index (χ4v) is 2.44. The van der Waals surface area contributed by atoms with Gasteiger partial charge in [0.15, 0.2) is 9.84 Å². The summed E-state index contributed by atoms with van der Waals surface area (Å²) in [5, 5.41) is 9.90. The number of nitrogens with two attached hydrogens (primary N) is 1. The molecule has 0 saturated carbocycles. The molecule has 0 aliphatic carbocycles. The van der Waals surface area contributed by atoms with Gasteiger partial charge in [0.1, 0.15) is 5.75 Å². The maximum atomic E-state index is 11.4. The Balaban J connectivity index is 2.45. The van der Waals surface area contributed by atoms with Crippen molar-refractivity contribution in [3.05, 3.63) is 48.0 Å². The van der Waals surface area contributed by atoms with Crippen molar-refractivity contribution in [1.82, 2.24) is 0 Å². The van der Waals surface area contributed by atoms with Gasteiger partial charge in [0.25, 0.3) is 0 Å². The van der Waals surface area contributed by atoms with E-state index in [-0.39, 0.29) is 16.2 Å². The van der Waals surface area contributed by atoms with Crippen LogP contribution in [-0.2, 0) is 9.84 Å². The third-order valence-corrected chi connectivity index (χ3v) is 4.00. The lowest BCUT2D eigenvalue weighted by molar-refractivity contribution is 0.1000. The van der Waals surface area contributed by atoms with Gasteiger partial charge in [-0.05, 0) is 35.9 Å². The number of sulfone groups is 1. The van der Waals surface area contributed by atoms with Crippen molar-refractivity contribution in [2.75, 3.05) is 6.26 Å². The summed E-state index contributed by atoms with van der Waals surface area (Å²) in [6, 6.07) is 10.5. The molecule has 20 heavy (non-hydrogen) atoms. The van der Waals surface area contributed by atoms with Gasteiger partial charge in [0.2, 0.25) is 5.91 Å². The lowest BCUT2D eigenvalue weighted by Gasteiger charge is -2.07. The number of hydrogen-bond donors (Lipinski definition) is 2. The molecule has 0 aromatic heterocycles. The predicted molar refractivity (Wildman–Crippen MR) is 75.2 cm³/mol. The Hall–Kier alpha value is -2.34. The van der Waals surface area contributed by atoms with E-state index < -0.39 is 15.7 Å². The van der Waals surface area contributed by atoms with Crippen LogP contribution in [0, 0.1) is 0 Å². The fourth-order valence-electron chi connectivity index (χ4n) is 1.81. The zero-order valence-corrected chi connectivity index (χ0v) is 11.5. The summed E-state index contributed by atoms with van der Waals surface area (Å²) in [4.78, 5) is 11.2. The van der Waals surface area contributed by atoms with Crippen LogP contribution in [0.15, 0.2) is 47.4 Å². The molecule has 0 fully saturated rings. The number of hydrogen-bond acceptors (Lipinski definition) is 4. The van der Waals surface area contributed by atoms with Gasteiger partial charge < -0.3 is 10.8 Å². The number of phenolic OH excluding ortho intramolecular Hbond substituents is 1. The Labute approximate surface area is 116 Å². The highest BCUT2D eigenvalue weighted by Crippen LogP contribution is 2.30. The van der Waals surface area contributed by atoms with Crippen molar-refractivity contribution < 1.29 is 18.3 Å². The number of amides is 1. The number of benzene rings is 2. The topological polar surface area (TPSA) is 97.5 Å². The number of carbonyl (C=O) groups is 1. The summed E-state index contributed by atoms with van der Waals surface area (Å²) in [5.41, 5.74) is 6.47. The summed E-state index contributed by atoms with van der Waals surface area (Å²) in [6.45, 7) is 0. The zero-order valence-electron chi connectivity index (χ0n) is 10.7. The highest BCUT2D eigenvalue weighted by atomic mass is 32.2. The van der Waals surface area contributed by atoms with E-state index in [2.05, 4.69) is 0 Å². The first kappa shape index (κ1) is 14.1. The van der Waals surface area contributed by atoms with Crippen LogP contribution in [0.1, 0.15) is 10.4 Å². The molecular weight excluding hydrogens is 278 g/mol. The smallest absolute Gasteiger partial charge is 0.248 e. The average molecular weight is 291 g/mol. The van der Waals surface area contributed by atoms with Gasteiger partial charge in [0.05, 0.1) is 4.90 Å². The third kappa shape index (κ3) is 2.80. The number of carbonyl (C=O) groups excluding carboxylic acids is 1. The van der Waals surface area contributed by atoms with E-state index in [1.165, 1.54) is 24.3 Å². The molecule has 0 unspecified atom stereocenters. The van der Waals surface area contributed by atoms with Crippen LogP contribution in [0.3, 0.4) is 0 Å². The fraction of sp³-hybridized carbons (Fsp3) is 0.0714. The van der Waals surface area contributed by atoms with E-state index >= 15 is 0 Å². The molecule has 6 heteroatoms. The van der Waals surface area contributed by atoms with Crippen LogP contribution >= 0.6 is 0 Å². The molecule has 0 heterocycles. The minimum absolute atomic E-state index is 0.0894. The Morgan fingerprint density at radius 2 is 1.70 bits per heavy atom. The minimum atomic E-state index is -3.25. The van der Waals surface area contributed by atoms with E-state index in [1.807, 2.05) is 0 Å². The molecule has 0 radical (unpaired) electrons. The Morgan fingerprint density at radius 1 is 1.10 bits per heavy atom. The van der Waals surface area contributed by atoms with Crippen molar-refractivity contribution in [2.45, 2.75) is 4.90 Å². The first-order valence-corrected chi connectivity index (χ1v) is 7.61. The molecule has 0 bridgehead atoms. The minimum Gasteiger partial charge on any atom is -0.507 e. The molecule has 0 aliphatic rings. The molecule has 5 nitrogen and oxygen atoms in total. The lowest BCUT2D eigenvalue weighted by atomic mass is 10.0.